The van der Waals surface area contributed by atoms with E-state index >= 15 is 0 Å². The first-order chi connectivity index (χ1) is 12.7. The van der Waals surface area contributed by atoms with Crippen LogP contribution in [-0.2, 0) is 9.47 Å². The number of aryl methyl sites for hydroxylation is 1. The minimum absolute atomic E-state index is 0.451. The molecule has 0 bridgehead atoms. The predicted octanol–water partition coefficient (Wildman–Crippen LogP) is 5.89. The predicted molar refractivity (Wildman–Crippen MR) is 107 cm³/mol. The van der Waals surface area contributed by atoms with Crippen molar-refractivity contribution in [1.29, 1.82) is 0 Å². The van der Waals surface area contributed by atoms with E-state index in [0.29, 0.717) is 31.1 Å². The Hall–Kier alpha value is -1.97. The van der Waals surface area contributed by atoms with Crippen molar-refractivity contribution in [2.75, 3.05) is 13.2 Å². The number of thioether (sulfide) groups is 1. The van der Waals surface area contributed by atoms with Gasteiger partial charge in [-0.25, -0.2) is 0 Å². The van der Waals surface area contributed by atoms with Crippen LogP contribution in [0.1, 0.15) is 51.5 Å². The molecule has 2 rings (SSSR count). The summed E-state index contributed by atoms with van der Waals surface area (Å²) in [6.45, 7) is 7.63. The van der Waals surface area contributed by atoms with Crippen LogP contribution in [0.15, 0.2) is 51.7 Å². The van der Waals surface area contributed by atoms with Crippen LogP contribution < -0.4 is 0 Å². The van der Waals surface area contributed by atoms with E-state index in [1.54, 1.807) is 11.8 Å². The van der Waals surface area contributed by atoms with E-state index in [0.717, 1.165) is 41.2 Å². The number of rotatable bonds is 10. The van der Waals surface area contributed by atoms with Crippen LogP contribution in [0.2, 0.25) is 0 Å². The Bertz CT molecular complexity index is 701. The third kappa shape index (κ3) is 6.08. The van der Waals surface area contributed by atoms with Gasteiger partial charge >= 0.3 is 5.71 Å². The van der Waals surface area contributed by atoms with E-state index in [-0.39, 0.29) is 0 Å². The van der Waals surface area contributed by atoms with Crippen LogP contribution in [0, 0.1) is 6.92 Å². The molecular formula is C21H28N2O2S. The summed E-state index contributed by atoms with van der Waals surface area (Å²) < 4.78 is 11.9. The second kappa shape index (κ2) is 10.9. The van der Waals surface area contributed by atoms with E-state index < -0.39 is 0 Å². The Morgan fingerprint density at radius 2 is 1.69 bits per heavy atom. The number of ether oxygens (including phenoxy) is 2. The fourth-order valence-electron chi connectivity index (χ4n) is 2.43. The van der Waals surface area contributed by atoms with Crippen molar-refractivity contribution in [3.63, 3.8) is 0 Å². The van der Waals surface area contributed by atoms with E-state index in [1.165, 1.54) is 5.56 Å². The van der Waals surface area contributed by atoms with Crippen LogP contribution in [0.25, 0.3) is 5.53 Å². The van der Waals surface area contributed by atoms with Crippen LogP contribution in [-0.4, -0.2) is 23.7 Å². The largest absolute Gasteiger partial charge is 0.496 e. The monoisotopic (exact) mass is 372 g/mol. The Labute approximate surface area is 160 Å². The Balaban J connectivity index is 2.26. The van der Waals surface area contributed by atoms with Gasteiger partial charge in [-0.1, -0.05) is 56.1 Å². The van der Waals surface area contributed by atoms with Gasteiger partial charge in [-0.3, -0.25) is 0 Å². The summed E-state index contributed by atoms with van der Waals surface area (Å²) in [5, 5.41) is 0. The van der Waals surface area contributed by atoms with Crippen LogP contribution in [0.3, 0.4) is 0 Å². The average Bonchev–Trinajstić information content (AvgIpc) is 2.65. The number of nitrogens with zero attached hydrogens (tertiary/aromatic N) is 2. The molecule has 1 aliphatic carbocycles. The lowest BCUT2D eigenvalue weighted by molar-refractivity contribution is -0.0138. The molecule has 140 valence electrons. The van der Waals surface area contributed by atoms with Gasteiger partial charge in [-0.05, 0) is 31.9 Å². The highest BCUT2D eigenvalue weighted by Crippen LogP contribution is 2.36. The van der Waals surface area contributed by atoms with Gasteiger partial charge in [-0.2, -0.15) is 4.79 Å². The maximum absolute atomic E-state index is 9.40. The smallest absolute Gasteiger partial charge is 0.340 e. The summed E-state index contributed by atoms with van der Waals surface area (Å²) in [5.41, 5.74) is 11.2. The normalized spacial score (nSPS) is 14.1. The first-order valence-electron chi connectivity index (χ1n) is 9.34. The summed E-state index contributed by atoms with van der Waals surface area (Å²) in [6, 6.07) is 8.42. The van der Waals surface area contributed by atoms with Crippen LogP contribution in [0.5, 0.6) is 0 Å². The zero-order valence-corrected chi connectivity index (χ0v) is 16.8. The zero-order chi connectivity index (χ0) is 18.8. The summed E-state index contributed by atoms with van der Waals surface area (Å²) in [6.07, 6.45) is 6.51. The molecule has 0 saturated heterocycles. The topological polar surface area (TPSA) is 54.9 Å². The first-order valence-corrected chi connectivity index (χ1v) is 10.2. The number of benzene rings is 1. The van der Waals surface area contributed by atoms with Crippen molar-refractivity contribution in [3.8, 4) is 0 Å². The molecule has 0 atom stereocenters. The molecule has 0 aliphatic heterocycles. The van der Waals surface area contributed by atoms with Gasteiger partial charge in [0, 0.05) is 11.0 Å². The van der Waals surface area contributed by atoms with E-state index in [9.17, 15) is 5.53 Å². The first kappa shape index (κ1) is 20.3. The molecule has 0 amide bonds. The summed E-state index contributed by atoms with van der Waals surface area (Å²) >= 11 is 1.66. The molecule has 0 spiro atoms. The van der Waals surface area contributed by atoms with E-state index in [1.807, 2.05) is 6.08 Å². The number of allylic oxidation sites excluding steroid dienone is 3. The molecule has 0 aromatic heterocycles. The lowest BCUT2D eigenvalue weighted by Gasteiger charge is -2.18. The molecule has 4 nitrogen and oxygen atoms in total. The minimum atomic E-state index is 0.451. The Morgan fingerprint density at radius 1 is 1.04 bits per heavy atom. The molecule has 1 aromatic rings. The minimum Gasteiger partial charge on any atom is -0.496 e. The van der Waals surface area contributed by atoms with Crippen molar-refractivity contribution in [2.45, 2.75) is 57.8 Å². The maximum atomic E-state index is 9.40. The molecule has 1 aliphatic rings. The number of hydrogen-bond acceptors (Lipinski definition) is 3. The standard InChI is InChI=1S/C21H28N2O2S/c1-4-6-12-24-19-15-21(26-17-10-8-16(3)9-11-17)20(14-18(19)23-22)25-13-7-5-2/h8-11,15H,4-7,12-14H2,1-3H3. The molecule has 0 saturated carbocycles. The molecule has 5 heteroatoms. The SMILES string of the molecule is CCCCOC1=CC(Sc2ccc(C)cc2)=C(OCCCC)CC1=[N+]=[N-]. The lowest BCUT2D eigenvalue weighted by Crippen LogP contribution is -2.16. The maximum Gasteiger partial charge on any atom is 0.340 e. The van der Waals surface area contributed by atoms with Crippen molar-refractivity contribution in [2.24, 2.45) is 0 Å². The lowest BCUT2D eigenvalue weighted by atomic mass is 10.1. The van der Waals surface area contributed by atoms with Gasteiger partial charge in [0.05, 0.1) is 18.1 Å². The second-order valence-electron chi connectivity index (χ2n) is 6.34. The quantitative estimate of drug-likeness (QED) is 0.292. The van der Waals surface area contributed by atoms with E-state index in [4.69, 9.17) is 9.47 Å². The molecule has 0 N–H and O–H groups in total. The van der Waals surface area contributed by atoms with Gasteiger partial charge < -0.3 is 15.0 Å². The van der Waals surface area contributed by atoms with Crippen LogP contribution in [0.4, 0.5) is 0 Å². The average molecular weight is 373 g/mol. The fraction of sp³-hybridized carbons (Fsp3) is 0.476. The third-order valence-electron chi connectivity index (χ3n) is 4.05. The highest BCUT2D eigenvalue weighted by atomic mass is 32.2. The molecule has 0 radical (unpaired) electrons. The third-order valence-corrected chi connectivity index (χ3v) is 5.12. The molecular weight excluding hydrogens is 344 g/mol. The molecule has 0 unspecified atom stereocenters. The Morgan fingerprint density at radius 3 is 2.31 bits per heavy atom. The summed E-state index contributed by atoms with van der Waals surface area (Å²) in [4.78, 5) is 5.61. The van der Waals surface area contributed by atoms with E-state index in [2.05, 4.69) is 49.8 Å². The van der Waals surface area contributed by atoms with Crippen molar-refractivity contribution >= 4 is 17.5 Å². The van der Waals surface area contributed by atoms with Crippen molar-refractivity contribution < 1.29 is 14.3 Å². The van der Waals surface area contributed by atoms with Gasteiger partial charge in [0.1, 0.15) is 12.2 Å². The van der Waals surface area contributed by atoms with Gasteiger partial charge in [0.25, 0.3) is 0 Å². The Kier molecular flexibility index (Phi) is 8.52. The summed E-state index contributed by atoms with van der Waals surface area (Å²) in [5.74, 6) is 1.48. The highest BCUT2D eigenvalue weighted by molar-refractivity contribution is 8.03. The summed E-state index contributed by atoms with van der Waals surface area (Å²) in [7, 11) is 0. The van der Waals surface area contributed by atoms with Gasteiger partial charge in [0.2, 0.25) is 5.76 Å². The fourth-order valence-corrected chi connectivity index (χ4v) is 3.36. The highest BCUT2D eigenvalue weighted by Gasteiger charge is 2.28. The zero-order valence-electron chi connectivity index (χ0n) is 16.0. The van der Waals surface area contributed by atoms with Gasteiger partial charge in [-0.15, -0.1) is 0 Å². The molecule has 0 fully saturated rings. The number of hydrogen-bond donors (Lipinski definition) is 0. The van der Waals surface area contributed by atoms with Crippen molar-refractivity contribution in [3.05, 3.63) is 57.9 Å². The second-order valence-corrected chi connectivity index (χ2v) is 7.45. The molecule has 1 aromatic carbocycles. The van der Waals surface area contributed by atoms with Gasteiger partial charge in [0.15, 0.2) is 0 Å². The molecule has 0 heterocycles. The number of unbranched alkanes of at least 4 members (excludes halogenated alkanes) is 2. The van der Waals surface area contributed by atoms with Crippen LogP contribution >= 0.6 is 11.8 Å². The molecule has 26 heavy (non-hydrogen) atoms. The van der Waals surface area contributed by atoms with Crippen molar-refractivity contribution in [1.82, 2.24) is 0 Å².